The van der Waals surface area contributed by atoms with Gasteiger partial charge in [0, 0.05) is 49.3 Å². The summed E-state index contributed by atoms with van der Waals surface area (Å²) in [4.78, 5) is 47.8. The maximum atomic E-state index is 15.2. The van der Waals surface area contributed by atoms with E-state index in [1.54, 1.807) is 21.9 Å². The van der Waals surface area contributed by atoms with Crippen LogP contribution < -0.4 is 10.1 Å². The van der Waals surface area contributed by atoms with Gasteiger partial charge in [-0.05, 0) is 53.1 Å². The molecular formula is C34H37FN4O5. The second-order valence-electron chi connectivity index (χ2n) is 12.5. The molecule has 6 rings (SSSR count). The van der Waals surface area contributed by atoms with Gasteiger partial charge < -0.3 is 24.6 Å². The van der Waals surface area contributed by atoms with Gasteiger partial charge in [0.25, 0.3) is 5.91 Å². The number of benzene rings is 2. The first kappa shape index (κ1) is 29.6. The molecule has 2 aliphatic heterocycles. The molecule has 0 saturated carbocycles. The number of carbonyl (C=O) groups excluding carboxylic acids is 3. The lowest BCUT2D eigenvalue weighted by Crippen LogP contribution is -2.58. The summed E-state index contributed by atoms with van der Waals surface area (Å²) in [6.45, 7) is 5.32. The molecule has 3 amide bonds. The normalized spacial score (nSPS) is 18.6. The minimum absolute atomic E-state index is 0.0175. The number of carbonyl (C=O) groups is 3. The lowest BCUT2D eigenvalue weighted by Gasteiger charge is -2.44. The molecular weight excluding hydrogens is 563 g/mol. The zero-order chi connectivity index (χ0) is 31.0. The fourth-order valence-corrected chi connectivity index (χ4v) is 6.61. The summed E-state index contributed by atoms with van der Waals surface area (Å²) < 4.78 is 25.9. The minimum atomic E-state index is -0.965. The number of rotatable bonds is 7. The fraction of sp³-hybridized carbons (Fsp3) is 0.412. The van der Waals surface area contributed by atoms with E-state index in [-0.39, 0.29) is 48.7 Å². The van der Waals surface area contributed by atoms with Crippen LogP contribution in [0, 0.1) is 11.7 Å². The van der Waals surface area contributed by atoms with Crippen molar-refractivity contribution in [2.45, 2.75) is 57.6 Å². The lowest BCUT2D eigenvalue weighted by atomic mass is 9.86. The summed E-state index contributed by atoms with van der Waals surface area (Å²) in [5.74, 6) is -0.672. The van der Waals surface area contributed by atoms with E-state index < -0.39 is 11.9 Å². The van der Waals surface area contributed by atoms with Gasteiger partial charge in [-0.3, -0.25) is 9.59 Å². The third-order valence-electron chi connectivity index (χ3n) is 8.94. The van der Waals surface area contributed by atoms with Crippen LogP contribution in [-0.4, -0.2) is 59.4 Å². The van der Waals surface area contributed by atoms with Crippen LogP contribution in [0.25, 0.3) is 0 Å². The average molecular weight is 601 g/mol. The molecule has 0 bridgehead atoms. The van der Waals surface area contributed by atoms with Gasteiger partial charge >= 0.3 is 12.0 Å². The number of aryl methyl sites for hydroxylation is 1. The van der Waals surface area contributed by atoms with Gasteiger partial charge in [0.15, 0.2) is 0 Å². The van der Waals surface area contributed by atoms with E-state index in [9.17, 15) is 14.4 Å². The van der Waals surface area contributed by atoms with E-state index in [1.165, 1.54) is 13.2 Å². The molecule has 0 spiro atoms. The third kappa shape index (κ3) is 5.85. The predicted molar refractivity (Wildman–Crippen MR) is 162 cm³/mol. The van der Waals surface area contributed by atoms with Crippen LogP contribution in [0.2, 0.25) is 0 Å². The number of methoxy groups -OCH3 is 1. The second kappa shape index (κ2) is 11.9. The highest BCUT2D eigenvalue weighted by atomic mass is 19.1. The van der Waals surface area contributed by atoms with Crippen molar-refractivity contribution in [3.05, 3.63) is 88.4 Å². The number of aromatic nitrogens is 1. The topological polar surface area (TPSA) is 101 Å². The number of fused-ring (bicyclic) bond motifs is 2. The summed E-state index contributed by atoms with van der Waals surface area (Å²) >= 11 is 0. The highest BCUT2D eigenvalue weighted by Gasteiger charge is 2.42. The smallest absolute Gasteiger partial charge is 0.320 e. The summed E-state index contributed by atoms with van der Waals surface area (Å²) in [5.41, 5.74) is 3.89. The number of halogens is 1. The summed E-state index contributed by atoms with van der Waals surface area (Å²) in [5, 5.41) is 2.89. The van der Waals surface area contributed by atoms with Gasteiger partial charge in [0.1, 0.15) is 18.5 Å². The number of nitrogens with zero attached hydrogens (tertiary/aromatic N) is 3. The molecule has 1 atom stereocenters. The molecule has 3 aliphatic rings. The molecule has 44 heavy (non-hydrogen) atoms. The van der Waals surface area contributed by atoms with Crippen molar-refractivity contribution in [3.8, 4) is 5.88 Å². The van der Waals surface area contributed by atoms with Gasteiger partial charge in [-0.25, -0.2) is 14.2 Å². The zero-order valence-corrected chi connectivity index (χ0v) is 25.3. The summed E-state index contributed by atoms with van der Waals surface area (Å²) in [7, 11) is 1.53. The molecule has 1 aromatic heterocycles. The molecule has 3 heterocycles. The van der Waals surface area contributed by atoms with Crippen LogP contribution in [0.15, 0.2) is 54.6 Å². The molecule has 9 nitrogen and oxygen atoms in total. The minimum Gasteiger partial charge on any atom is -0.481 e. The molecule has 2 aromatic carbocycles. The Balaban J connectivity index is 1.15. The van der Waals surface area contributed by atoms with Crippen molar-refractivity contribution in [2.24, 2.45) is 5.92 Å². The number of hydrogen-bond donors (Lipinski definition) is 1. The number of ether oxygens (including phenoxy) is 2. The molecule has 1 N–H and O–H groups in total. The van der Waals surface area contributed by atoms with Crippen molar-refractivity contribution in [3.63, 3.8) is 0 Å². The first-order chi connectivity index (χ1) is 21.1. The Kier molecular flexibility index (Phi) is 8.00. The van der Waals surface area contributed by atoms with Crippen LogP contribution in [0.3, 0.4) is 0 Å². The van der Waals surface area contributed by atoms with Gasteiger partial charge in [-0.2, -0.15) is 0 Å². The summed E-state index contributed by atoms with van der Waals surface area (Å²) in [6.07, 6.45) is 2.24. The number of anilines is 1. The first-order valence-corrected chi connectivity index (χ1v) is 15.1. The van der Waals surface area contributed by atoms with E-state index in [4.69, 9.17) is 9.47 Å². The molecule has 1 fully saturated rings. The number of pyridine rings is 1. The van der Waals surface area contributed by atoms with Crippen LogP contribution in [0.5, 0.6) is 5.88 Å². The Morgan fingerprint density at radius 1 is 1.07 bits per heavy atom. The molecule has 230 valence electrons. The zero-order valence-electron chi connectivity index (χ0n) is 25.3. The number of amides is 3. The van der Waals surface area contributed by atoms with Gasteiger partial charge in [0.2, 0.25) is 5.88 Å². The predicted octanol–water partition coefficient (Wildman–Crippen LogP) is 5.18. The molecule has 0 radical (unpaired) electrons. The average Bonchev–Trinajstić information content (AvgIpc) is 3.31. The molecule has 1 saturated heterocycles. The van der Waals surface area contributed by atoms with Crippen molar-refractivity contribution in [1.82, 2.24) is 14.8 Å². The van der Waals surface area contributed by atoms with E-state index in [2.05, 4.69) is 10.3 Å². The Hall–Kier alpha value is -4.47. The second-order valence-corrected chi connectivity index (χ2v) is 12.5. The van der Waals surface area contributed by atoms with Crippen molar-refractivity contribution >= 4 is 23.6 Å². The molecule has 3 aromatic rings. The summed E-state index contributed by atoms with van der Waals surface area (Å²) in [6, 6.07) is 14.9. The van der Waals surface area contributed by atoms with Crippen LogP contribution >= 0.6 is 0 Å². The highest BCUT2D eigenvalue weighted by molar-refractivity contribution is 5.98. The Morgan fingerprint density at radius 2 is 1.84 bits per heavy atom. The lowest BCUT2D eigenvalue weighted by molar-refractivity contribution is -0.147. The van der Waals surface area contributed by atoms with Crippen LogP contribution in [0.4, 0.5) is 14.9 Å². The van der Waals surface area contributed by atoms with E-state index >= 15 is 4.39 Å². The van der Waals surface area contributed by atoms with Gasteiger partial charge in [-0.15, -0.1) is 0 Å². The van der Waals surface area contributed by atoms with Crippen LogP contribution in [0.1, 0.15) is 60.7 Å². The highest BCUT2D eigenvalue weighted by Crippen LogP contribution is 2.41. The first-order valence-electron chi connectivity index (χ1n) is 15.1. The van der Waals surface area contributed by atoms with E-state index in [0.717, 1.165) is 24.0 Å². The Bertz CT molecular complexity index is 1590. The van der Waals surface area contributed by atoms with Crippen molar-refractivity contribution in [1.29, 1.82) is 0 Å². The maximum absolute atomic E-state index is 15.2. The fourth-order valence-electron chi connectivity index (χ4n) is 6.61. The molecule has 10 heteroatoms. The number of hydrogen-bond acceptors (Lipinski definition) is 6. The largest absolute Gasteiger partial charge is 0.481 e. The third-order valence-corrected chi connectivity index (χ3v) is 8.94. The van der Waals surface area contributed by atoms with Crippen molar-refractivity contribution in [2.75, 3.05) is 32.1 Å². The Labute approximate surface area is 256 Å². The number of nitrogens with one attached hydrogen (secondary N) is 1. The monoisotopic (exact) mass is 600 g/mol. The van der Waals surface area contributed by atoms with E-state index in [0.29, 0.717) is 47.9 Å². The van der Waals surface area contributed by atoms with E-state index in [1.807, 2.05) is 50.2 Å². The standard InChI is InChI=1S/C34H37FN4O5/c1-34(2)13-11-23-16-24(17-26(35)30(23)34)36-32(41)31-25-9-10-28(43-3)37-27(25)12-14-39(31)33(42)38-18-22(19-38)15-29(40)44-20-21-7-5-4-6-8-21/h4-10,16-17,22,31H,11-15,18-20H2,1-3H3,(H,36,41)/t31-/m1/s1. The molecule has 1 aliphatic carbocycles. The number of esters is 1. The van der Waals surface area contributed by atoms with Crippen molar-refractivity contribution < 1.29 is 28.2 Å². The SMILES string of the molecule is COc1ccc2c(n1)CCN(C(=O)N1CC(CC(=O)OCc3ccccc3)C1)[C@H]2C(=O)Nc1cc(F)c2c(c1)CCC2(C)C. The van der Waals surface area contributed by atoms with Crippen LogP contribution in [-0.2, 0) is 39.2 Å². The number of likely N-dealkylation sites (tertiary alicyclic amines) is 1. The molecule has 0 unspecified atom stereocenters. The Morgan fingerprint density at radius 3 is 2.59 bits per heavy atom. The number of urea groups is 1. The van der Waals surface area contributed by atoms with Gasteiger partial charge in [0.05, 0.1) is 19.2 Å². The maximum Gasteiger partial charge on any atom is 0.320 e. The quantitative estimate of drug-likeness (QED) is 0.376. The van der Waals surface area contributed by atoms with Gasteiger partial charge in [-0.1, -0.05) is 44.2 Å².